The number of hydrogen-bond donors (Lipinski definition) is 2. The van der Waals surface area contributed by atoms with Gasteiger partial charge in [0.2, 0.25) is 0 Å². The van der Waals surface area contributed by atoms with Crippen molar-refractivity contribution in [1.82, 2.24) is 5.43 Å². The maximum absolute atomic E-state index is 11.9. The van der Waals surface area contributed by atoms with Gasteiger partial charge in [-0.2, -0.15) is 5.10 Å². The maximum Gasteiger partial charge on any atom is 0.329 e. The normalized spacial score (nSPS) is 10.5. The van der Waals surface area contributed by atoms with Gasteiger partial charge in [0.1, 0.15) is 5.75 Å². The minimum absolute atomic E-state index is 0.410. The maximum atomic E-state index is 11.9. The molecule has 0 heterocycles. The molecule has 0 saturated heterocycles. The Morgan fingerprint density at radius 1 is 1.17 bits per heavy atom. The van der Waals surface area contributed by atoms with E-state index in [4.69, 9.17) is 16.3 Å². The standard InChI is InChI=1S/C17H16ClN3O3/c1-11-7-8-15(24-2)14(9-11)20-16(22)17(23)21-19-10-12-5-3-4-6-13(12)18/h3-10H,1-2H3,(H,20,22)(H,21,23)/b19-10-. The van der Waals surface area contributed by atoms with Crippen LogP contribution in [-0.4, -0.2) is 25.1 Å². The van der Waals surface area contributed by atoms with E-state index < -0.39 is 11.8 Å². The topological polar surface area (TPSA) is 79.8 Å². The second-order valence-electron chi connectivity index (χ2n) is 4.88. The summed E-state index contributed by atoms with van der Waals surface area (Å²) in [5.41, 5.74) is 4.10. The van der Waals surface area contributed by atoms with Crippen molar-refractivity contribution >= 4 is 35.3 Å². The molecule has 6 nitrogen and oxygen atoms in total. The highest BCUT2D eigenvalue weighted by Crippen LogP contribution is 2.24. The predicted molar refractivity (Wildman–Crippen MR) is 93.5 cm³/mol. The van der Waals surface area contributed by atoms with Crippen LogP contribution in [0.25, 0.3) is 0 Å². The quantitative estimate of drug-likeness (QED) is 0.508. The van der Waals surface area contributed by atoms with Crippen LogP contribution in [0.2, 0.25) is 5.02 Å². The Labute approximate surface area is 144 Å². The van der Waals surface area contributed by atoms with E-state index >= 15 is 0 Å². The van der Waals surface area contributed by atoms with E-state index in [1.54, 1.807) is 36.4 Å². The molecule has 2 aromatic carbocycles. The lowest BCUT2D eigenvalue weighted by atomic mass is 10.2. The van der Waals surface area contributed by atoms with E-state index in [0.717, 1.165) is 5.56 Å². The van der Waals surface area contributed by atoms with Crippen molar-refractivity contribution in [2.45, 2.75) is 6.92 Å². The number of nitrogens with one attached hydrogen (secondary N) is 2. The van der Waals surface area contributed by atoms with Gasteiger partial charge in [-0.25, -0.2) is 5.43 Å². The molecule has 0 aliphatic rings. The van der Waals surface area contributed by atoms with Crippen molar-refractivity contribution < 1.29 is 14.3 Å². The van der Waals surface area contributed by atoms with Crippen LogP contribution in [0.1, 0.15) is 11.1 Å². The monoisotopic (exact) mass is 345 g/mol. The third-order valence-corrected chi connectivity index (χ3v) is 3.43. The van der Waals surface area contributed by atoms with Crippen LogP contribution in [0.4, 0.5) is 5.69 Å². The highest BCUT2D eigenvalue weighted by molar-refractivity contribution is 6.39. The summed E-state index contributed by atoms with van der Waals surface area (Å²) in [5.74, 6) is -1.29. The van der Waals surface area contributed by atoms with E-state index in [9.17, 15) is 9.59 Å². The molecule has 0 radical (unpaired) electrons. The molecular weight excluding hydrogens is 330 g/mol. The summed E-state index contributed by atoms with van der Waals surface area (Å²) in [6.45, 7) is 1.86. The Morgan fingerprint density at radius 3 is 2.62 bits per heavy atom. The van der Waals surface area contributed by atoms with Gasteiger partial charge in [0.25, 0.3) is 0 Å². The predicted octanol–water partition coefficient (Wildman–Crippen LogP) is 2.75. The molecule has 0 fully saturated rings. The molecule has 0 aromatic heterocycles. The Bertz CT molecular complexity index is 790. The summed E-state index contributed by atoms with van der Waals surface area (Å²) in [4.78, 5) is 23.7. The van der Waals surface area contributed by atoms with Crippen LogP contribution >= 0.6 is 11.6 Å². The van der Waals surface area contributed by atoms with Gasteiger partial charge < -0.3 is 10.1 Å². The van der Waals surface area contributed by atoms with Crippen molar-refractivity contribution in [2.24, 2.45) is 5.10 Å². The van der Waals surface area contributed by atoms with Gasteiger partial charge in [0.05, 0.1) is 19.0 Å². The number of amides is 2. The lowest BCUT2D eigenvalue weighted by molar-refractivity contribution is -0.136. The highest BCUT2D eigenvalue weighted by atomic mass is 35.5. The van der Waals surface area contributed by atoms with Gasteiger partial charge >= 0.3 is 11.8 Å². The molecular formula is C17H16ClN3O3. The van der Waals surface area contributed by atoms with Crippen molar-refractivity contribution in [3.8, 4) is 5.75 Å². The fraction of sp³-hybridized carbons (Fsp3) is 0.118. The number of halogens is 1. The Hall–Kier alpha value is -2.86. The zero-order chi connectivity index (χ0) is 17.5. The fourth-order valence-corrected chi connectivity index (χ4v) is 2.07. The van der Waals surface area contributed by atoms with Crippen LogP contribution < -0.4 is 15.5 Å². The molecule has 0 spiro atoms. The molecule has 24 heavy (non-hydrogen) atoms. The number of carbonyl (C=O) groups is 2. The summed E-state index contributed by atoms with van der Waals surface area (Å²) in [7, 11) is 1.48. The van der Waals surface area contributed by atoms with Crippen molar-refractivity contribution in [1.29, 1.82) is 0 Å². The van der Waals surface area contributed by atoms with Gasteiger partial charge in [-0.1, -0.05) is 35.9 Å². The number of hydrogen-bond acceptors (Lipinski definition) is 4. The summed E-state index contributed by atoms with van der Waals surface area (Å²) >= 11 is 5.96. The molecule has 0 aliphatic carbocycles. The minimum atomic E-state index is -0.901. The zero-order valence-corrected chi connectivity index (χ0v) is 13.9. The van der Waals surface area contributed by atoms with Gasteiger partial charge in [0.15, 0.2) is 0 Å². The first-order valence-electron chi connectivity index (χ1n) is 7.05. The number of carbonyl (C=O) groups excluding carboxylic acids is 2. The van der Waals surface area contributed by atoms with E-state index in [2.05, 4.69) is 15.8 Å². The average molecular weight is 346 g/mol. The number of methoxy groups -OCH3 is 1. The second kappa shape index (κ2) is 8.12. The van der Waals surface area contributed by atoms with Crippen LogP contribution in [-0.2, 0) is 9.59 Å². The Kier molecular flexibility index (Phi) is 5.92. The van der Waals surface area contributed by atoms with Crippen LogP contribution in [0.15, 0.2) is 47.6 Å². The Balaban J connectivity index is 1.99. The third-order valence-electron chi connectivity index (χ3n) is 3.08. The molecule has 0 saturated carbocycles. The summed E-state index contributed by atoms with van der Waals surface area (Å²) in [6, 6.07) is 12.2. The molecule has 2 amide bonds. The molecule has 0 bridgehead atoms. The second-order valence-corrected chi connectivity index (χ2v) is 5.29. The number of hydrazone groups is 1. The lowest BCUT2D eigenvalue weighted by Crippen LogP contribution is -2.32. The first-order chi connectivity index (χ1) is 11.5. The van der Waals surface area contributed by atoms with Gasteiger partial charge in [0, 0.05) is 10.6 Å². The number of anilines is 1. The smallest absolute Gasteiger partial charge is 0.329 e. The number of benzene rings is 2. The van der Waals surface area contributed by atoms with Gasteiger partial charge in [-0.3, -0.25) is 9.59 Å². The minimum Gasteiger partial charge on any atom is -0.495 e. The summed E-state index contributed by atoms with van der Waals surface area (Å²) in [6.07, 6.45) is 1.36. The molecule has 2 rings (SSSR count). The molecule has 7 heteroatoms. The SMILES string of the molecule is COc1ccc(C)cc1NC(=O)C(=O)N/N=C\c1ccccc1Cl. The van der Waals surface area contributed by atoms with Crippen LogP contribution in [0.5, 0.6) is 5.75 Å². The summed E-state index contributed by atoms with van der Waals surface area (Å²) in [5, 5.41) is 6.70. The molecule has 0 unspecified atom stereocenters. The van der Waals surface area contributed by atoms with Crippen LogP contribution in [0.3, 0.4) is 0 Å². The number of ether oxygens (including phenoxy) is 1. The highest BCUT2D eigenvalue weighted by Gasteiger charge is 2.15. The zero-order valence-electron chi connectivity index (χ0n) is 13.2. The molecule has 124 valence electrons. The first-order valence-corrected chi connectivity index (χ1v) is 7.42. The number of nitrogens with zero attached hydrogens (tertiary/aromatic N) is 1. The van der Waals surface area contributed by atoms with E-state index in [1.165, 1.54) is 13.3 Å². The molecule has 2 aromatic rings. The lowest BCUT2D eigenvalue weighted by Gasteiger charge is -2.10. The van der Waals surface area contributed by atoms with Crippen molar-refractivity contribution in [3.63, 3.8) is 0 Å². The Morgan fingerprint density at radius 2 is 1.92 bits per heavy atom. The van der Waals surface area contributed by atoms with Gasteiger partial charge in [-0.15, -0.1) is 0 Å². The van der Waals surface area contributed by atoms with Crippen molar-refractivity contribution in [2.75, 3.05) is 12.4 Å². The molecule has 0 aliphatic heterocycles. The number of aryl methyl sites for hydroxylation is 1. The van der Waals surface area contributed by atoms with E-state index in [0.29, 0.717) is 22.0 Å². The molecule has 0 atom stereocenters. The van der Waals surface area contributed by atoms with Crippen molar-refractivity contribution in [3.05, 3.63) is 58.6 Å². The number of rotatable bonds is 4. The summed E-state index contributed by atoms with van der Waals surface area (Å²) < 4.78 is 5.14. The third kappa shape index (κ3) is 4.57. The molecule has 2 N–H and O–H groups in total. The fourth-order valence-electron chi connectivity index (χ4n) is 1.89. The van der Waals surface area contributed by atoms with Crippen LogP contribution in [0, 0.1) is 6.92 Å². The first kappa shape index (κ1) is 17.5. The largest absolute Gasteiger partial charge is 0.495 e. The van der Waals surface area contributed by atoms with E-state index in [1.807, 2.05) is 13.0 Å². The average Bonchev–Trinajstić information content (AvgIpc) is 2.56. The van der Waals surface area contributed by atoms with Gasteiger partial charge in [-0.05, 0) is 30.7 Å². The van der Waals surface area contributed by atoms with E-state index in [-0.39, 0.29) is 0 Å².